The van der Waals surface area contributed by atoms with Crippen molar-refractivity contribution < 1.29 is 52.7 Å². The second-order valence-corrected chi connectivity index (χ2v) is 11.9. The largest absolute Gasteiger partial charge is 0.514 e. The molecule has 0 aliphatic rings. The van der Waals surface area contributed by atoms with Gasteiger partial charge < -0.3 is 39.3 Å². The van der Waals surface area contributed by atoms with Crippen molar-refractivity contribution in [2.24, 2.45) is 29.4 Å². The third kappa shape index (κ3) is 11.9. The zero-order chi connectivity index (χ0) is 33.2. The van der Waals surface area contributed by atoms with E-state index in [1.165, 1.54) is 18.2 Å². The molecule has 1 rings (SSSR count). The lowest BCUT2D eigenvalue weighted by molar-refractivity contribution is -0.139. The van der Waals surface area contributed by atoms with E-state index < -0.39 is 66.7 Å². The minimum Gasteiger partial charge on any atom is -0.480 e. The summed E-state index contributed by atoms with van der Waals surface area (Å²) >= 11 is 0. The summed E-state index contributed by atoms with van der Waals surface area (Å²) in [4.78, 5) is 49.6. The Labute approximate surface area is 254 Å². The van der Waals surface area contributed by atoms with Gasteiger partial charge in [0, 0.05) is 11.8 Å². The van der Waals surface area contributed by atoms with Gasteiger partial charge in [0.1, 0.15) is 30.5 Å². The molecule has 12 heteroatoms. The summed E-state index contributed by atoms with van der Waals surface area (Å²) in [5.74, 6) is -3.21. The van der Waals surface area contributed by atoms with Gasteiger partial charge in [0.05, 0.1) is 0 Å². The van der Waals surface area contributed by atoms with Crippen LogP contribution in [-0.4, -0.2) is 60.0 Å². The van der Waals surface area contributed by atoms with Crippen LogP contribution in [0.15, 0.2) is 18.2 Å². The number of hydrogen-bond acceptors (Lipinski definition) is 11. The lowest BCUT2D eigenvalue weighted by Gasteiger charge is -2.32. The molecule has 6 unspecified atom stereocenters. The Morgan fingerprint density at radius 3 is 1.42 bits per heavy atom. The average Bonchev–Trinajstić information content (AvgIpc) is 2.89. The molecule has 0 fully saturated rings. The Hall–Kier alpha value is -3.54. The highest BCUT2D eigenvalue weighted by molar-refractivity contribution is 5.75. The molecule has 12 nitrogen and oxygen atoms in total. The Bertz CT molecular complexity index is 1090. The van der Waals surface area contributed by atoms with Crippen LogP contribution >= 0.6 is 0 Å². The molecule has 0 bridgehead atoms. The number of ether oxygens (including phenoxy) is 6. The molecule has 0 aromatic heterocycles. The number of rotatable bonds is 14. The predicted molar refractivity (Wildman–Crippen MR) is 158 cm³/mol. The van der Waals surface area contributed by atoms with Crippen molar-refractivity contribution in [2.45, 2.75) is 113 Å². The molecule has 0 heterocycles. The van der Waals surface area contributed by atoms with Crippen LogP contribution in [-0.2, 0) is 23.7 Å². The quantitative estimate of drug-likeness (QED) is 0.133. The summed E-state index contributed by atoms with van der Waals surface area (Å²) in [6.45, 7) is 19.7. The monoisotopic (exact) mass is 611 g/mol. The molecule has 3 N–H and O–H groups in total. The van der Waals surface area contributed by atoms with Crippen molar-refractivity contribution >= 4 is 24.4 Å². The second kappa shape index (κ2) is 16.9. The van der Waals surface area contributed by atoms with E-state index in [-0.39, 0.29) is 29.3 Å². The topological polar surface area (TPSA) is 170 Å². The van der Waals surface area contributed by atoms with Crippen LogP contribution in [0.4, 0.5) is 14.4 Å². The summed E-state index contributed by atoms with van der Waals surface area (Å²) < 4.78 is 32.1. The molecule has 0 spiro atoms. The molecule has 0 aliphatic heterocycles. The third-order valence-electron chi connectivity index (χ3n) is 7.66. The van der Waals surface area contributed by atoms with Crippen molar-refractivity contribution in [3.8, 4) is 11.5 Å². The number of nitrogens with two attached hydrogens (primary N) is 1. The number of carboxylic acid groups (broad SMARTS) is 1. The molecule has 1 aromatic carbocycles. The lowest BCUT2D eigenvalue weighted by Crippen LogP contribution is -2.43. The summed E-state index contributed by atoms with van der Waals surface area (Å²) in [7, 11) is 0. The van der Waals surface area contributed by atoms with Crippen LogP contribution in [0.3, 0.4) is 0 Å². The Morgan fingerprint density at radius 2 is 1.00 bits per heavy atom. The van der Waals surface area contributed by atoms with E-state index in [0.717, 1.165) is 0 Å². The Morgan fingerprint density at radius 1 is 0.605 bits per heavy atom. The van der Waals surface area contributed by atoms with Gasteiger partial charge in [0.15, 0.2) is 11.5 Å². The first-order valence-corrected chi connectivity index (χ1v) is 14.6. The molecule has 0 aliphatic carbocycles. The maximum atomic E-state index is 12.6. The number of aliphatic carboxylic acids is 1. The fourth-order valence-electron chi connectivity index (χ4n) is 3.56. The van der Waals surface area contributed by atoms with Crippen molar-refractivity contribution in [1.82, 2.24) is 0 Å². The van der Waals surface area contributed by atoms with Crippen LogP contribution in [0, 0.1) is 23.7 Å². The van der Waals surface area contributed by atoms with E-state index in [4.69, 9.17) is 34.2 Å². The van der Waals surface area contributed by atoms with E-state index in [0.29, 0.717) is 5.56 Å². The molecule has 244 valence electrons. The molecule has 43 heavy (non-hydrogen) atoms. The van der Waals surface area contributed by atoms with E-state index in [1.807, 2.05) is 41.5 Å². The van der Waals surface area contributed by atoms with Gasteiger partial charge in [0.2, 0.25) is 0 Å². The van der Waals surface area contributed by atoms with Crippen LogP contribution in [0.2, 0.25) is 0 Å². The number of benzene rings is 1. The molecule has 0 amide bonds. The van der Waals surface area contributed by atoms with Crippen LogP contribution in [0.5, 0.6) is 11.5 Å². The van der Waals surface area contributed by atoms with E-state index >= 15 is 0 Å². The summed E-state index contributed by atoms with van der Waals surface area (Å²) in [5, 5.41) is 9.83. The normalized spacial score (nSPS) is 16.3. The van der Waals surface area contributed by atoms with Gasteiger partial charge in [-0.05, 0) is 63.1 Å². The highest BCUT2D eigenvalue weighted by Gasteiger charge is 2.36. The van der Waals surface area contributed by atoms with Gasteiger partial charge >= 0.3 is 24.4 Å². The lowest BCUT2D eigenvalue weighted by atomic mass is 9.79. The summed E-state index contributed by atoms with van der Waals surface area (Å²) in [6.07, 6.45) is -5.14. The van der Waals surface area contributed by atoms with Crippen LogP contribution < -0.4 is 15.2 Å². The maximum Gasteiger partial charge on any atom is 0.514 e. The van der Waals surface area contributed by atoms with Gasteiger partial charge in [-0.15, -0.1) is 0 Å². The van der Waals surface area contributed by atoms with Crippen molar-refractivity contribution in [1.29, 1.82) is 0 Å². The molecule has 1 aromatic rings. The van der Waals surface area contributed by atoms with E-state index in [2.05, 4.69) is 0 Å². The number of carboxylic acids is 1. The minimum absolute atomic E-state index is 0.00222. The van der Waals surface area contributed by atoms with Crippen molar-refractivity contribution in [2.75, 3.05) is 0 Å². The van der Waals surface area contributed by atoms with Gasteiger partial charge in [0.25, 0.3) is 0 Å². The van der Waals surface area contributed by atoms with Crippen molar-refractivity contribution in [3.63, 3.8) is 0 Å². The number of carbonyl (C=O) groups is 4. The van der Waals surface area contributed by atoms with Gasteiger partial charge in [-0.2, -0.15) is 0 Å². The standard InChI is InChI=1S/C31H49NO11/c1-15(2)19(8)38-29(35)41-22(11)18(7)26(27(32)28(33)34)23-12-13-24(42-30(36)39-20(9)16(3)4)25(14-23)43-31(37)40-21(10)17(5)6/h12-22,26-27H,32H2,1-11H3,(H,33,34)/t18?,19?,20?,21?,22?,26?,27-/m0/s1. The number of hydrogen-bond donors (Lipinski definition) is 2. The summed E-state index contributed by atoms with van der Waals surface area (Å²) in [6, 6.07) is 2.71. The Kier molecular flexibility index (Phi) is 14.8. The minimum atomic E-state index is -1.45. The molecule has 0 saturated carbocycles. The average molecular weight is 612 g/mol. The SMILES string of the molecule is CC(C)C(C)OC(=O)Oc1ccc(C(C(C)C(C)OC(=O)OC(C)C(C)C)[C@H](N)C(=O)O)cc1OC(=O)OC(C)C(C)C. The van der Waals surface area contributed by atoms with Crippen LogP contribution in [0.1, 0.15) is 87.6 Å². The highest BCUT2D eigenvalue weighted by Crippen LogP contribution is 2.37. The molecule has 0 saturated heterocycles. The van der Waals surface area contributed by atoms with Gasteiger partial charge in [-0.25, -0.2) is 14.4 Å². The first-order chi connectivity index (χ1) is 19.8. The van der Waals surface area contributed by atoms with Crippen LogP contribution in [0.25, 0.3) is 0 Å². The Balaban J connectivity index is 3.46. The maximum absolute atomic E-state index is 12.6. The van der Waals surface area contributed by atoms with Gasteiger partial charge in [-0.3, -0.25) is 4.79 Å². The number of carbonyl (C=O) groups excluding carboxylic acids is 3. The fourth-order valence-corrected chi connectivity index (χ4v) is 3.56. The highest BCUT2D eigenvalue weighted by atomic mass is 16.8. The van der Waals surface area contributed by atoms with Gasteiger partial charge in [-0.1, -0.05) is 54.5 Å². The van der Waals surface area contributed by atoms with E-state index in [9.17, 15) is 24.3 Å². The third-order valence-corrected chi connectivity index (χ3v) is 7.66. The molecule has 7 atom stereocenters. The zero-order valence-corrected chi connectivity index (χ0v) is 27.1. The summed E-state index contributed by atoms with van der Waals surface area (Å²) in [5.41, 5.74) is 6.44. The molecular weight excluding hydrogens is 562 g/mol. The van der Waals surface area contributed by atoms with E-state index in [1.54, 1.807) is 34.6 Å². The predicted octanol–water partition coefficient (Wildman–Crippen LogP) is 6.52. The first kappa shape index (κ1) is 37.5. The zero-order valence-electron chi connectivity index (χ0n) is 27.1. The van der Waals surface area contributed by atoms with Crippen molar-refractivity contribution in [3.05, 3.63) is 23.8 Å². The second-order valence-electron chi connectivity index (χ2n) is 11.9. The molecular formula is C31H49NO11. The first-order valence-electron chi connectivity index (χ1n) is 14.6. The molecule has 0 radical (unpaired) electrons. The smallest absolute Gasteiger partial charge is 0.480 e. The fraction of sp³-hybridized carbons (Fsp3) is 0.677.